The van der Waals surface area contributed by atoms with Crippen LogP contribution in [0.1, 0.15) is 27.7 Å². The van der Waals surface area contributed by atoms with Crippen molar-refractivity contribution in [1.82, 2.24) is 15.2 Å². The fraction of sp³-hybridized carbons (Fsp3) is 0.364. The fourth-order valence-corrected chi connectivity index (χ4v) is 2.58. The molecule has 1 atom stereocenters. The first-order valence-corrected chi connectivity index (χ1v) is 6.01. The molecule has 2 rings (SSSR count). The largest absolute Gasteiger partial charge is 0.273 e. The maximum atomic E-state index is 5.66. The molecule has 0 saturated carbocycles. The summed E-state index contributed by atoms with van der Waals surface area (Å²) in [4.78, 5) is 1.28. The predicted octanol–water partition coefficient (Wildman–Crippen LogP) is 1.65. The summed E-state index contributed by atoms with van der Waals surface area (Å²) in [6.45, 7) is 4.16. The fourth-order valence-electron chi connectivity index (χ4n) is 1.84. The average molecular weight is 236 g/mol. The van der Waals surface area contributed by atoms with Gasteiger partial charge in [-0.05, 0) is 30.9 Å². The number of nitrogens with zero attached hydrogens (tertiary/aromatic N) is 2. The Labute approximate surface area is 99.1 Å². The highest BCUT2D eigenvalue weighted by Crippen LogP contribution is 2.28. The van der Waals surface area contributed by atoms with Crippen LogP contribution in [0.25, 0.3) is 0 Å². The molecule has 0 saturated heterocycles. The van der Waals surface area contributed by atoms with Crippen LogP contribution in [0.3, 0.4) is 0 Å². The third kappa shape index (κ3) is 1.77. The molecular formula is C11H16N4S. The van der Waals surface area contributed by atoms with Crippen molar-refractivity contribution in [3.63, 3.8) is 0 Å². The van der Waals surface area contributed by atoms with Crippen molar-refractivity contribution in [2.24, 2.45) is 12.9 Å². The zero-order valence-corrected chi connectivity index (χ0v) is 10.5. The van der Waals surface area contributed by atoms with E-state index in [0.717, 1.165) is 11.3 Å². The normalized spacial score (nSPS) is 13.0. The van der Waals surface area contributed by atoms with Crippen LogP contribution in [0.15, 0.2) is 17.6 Å². The van der Waals surface area contributed by atoms with Crippen molar-refractivity contribution in [2.75, 3.05) is 0 Å². The zero-order valence-electron chi connectivity index (χ0n) is 9.69. The molecule has 1 unspecified atom stereocenters. The first-order chi connectivity index (χ1) is 7.65. The minimum Gasteiger partial charge on any atom is -0.273 e. The molecule has 0 aliphatic rings. The van der Waals surface area contributed by atoms with Gasteiger partial charge in [-0.25, -0.2) is 5.43 Å². The zero-order chi connectivity index (χ0) is 11.7. The summed E-state index contributed by atoms with van der Waals surface area (Å²) < 4.78 is 1.86. The van der Waals surface area contributed by atoms with Crippen molar-refractivity contribution in [2.45, 2.75) is 19.9 Å². The maximum absolute atomic E-state index is 5.66. The molecule has 0 aliphatic heterocycles. The van der Waals surface area contributed by atoms with Gasteiger partial charge in [0.1, 0.15) is 0 Å². The number of rotatable bonds is 3. The minimum absolute atomic E-state index is 0.0277. The van der Waals surface area contributed by atoms with E-state index in [1.807, 2.05) is 24.9 Å². The van der Waals surface area contributed by atoms with Gasteiger partial charge in [-0.3, -0.25) is 10.5 Å². The maximum Gasteiger partial charge on any atom is 0.0754 e. The van der Waals surface area contributed by atoms with Gasteiger partial charge >= 0.3 is 0 Å². The van der Waals surface area contributed by atoms with Crippen molar-refractivity contribution in [1.29, 1.82) is 0 Å². The van der Waals surface area contributed by atoms with E-state index in [1.54, 1.807) is 11.3 Å². The summed E-state index contributed by atoms with van der Waals surface area (Å²) >= 11 is 1.73. The lowest BCUT2D eigenvalue weighted by Gasteiger charge is -2.15. The summed E-state index contributed by atoms with van der Waals surface area (Å²) in [6.07, 6.45) is 1.87. The van der Waals surface area contributed by atoms with Gasteiger partial charge in [-0.15, -0.1) is 11.3 Å². The Bertz CT molecular complexity index is 486. The highest BCUT2D eigenvalue weighted by molar-refractivity contribution is 7.10. The van der Waals surface area contributed by atoms with Gasteiger partial charge in [0.05, 0.1) is 12.2 Å². The van der Waals surface area contributed by atoms with E-state index >= 15 is 0 Å². The van der Waals surface area contributed by atoms with Gasteiger partial charge in [0.15, 0.2) is 0 Å². The van der Waals surface area contributed by atoms with Crippen LogP contribution in [0.2, 0.25) is 0 Å². The van der Waals surface area contributed by atoms with E-state index in [-0.39, 0.29) is 6.04 Å². The quantitative estimate of drug-likeness (QED) is 0.629. The standard InChI is InChI=1S/C11H16N4S/c1-7-10(6-13-15(7)3)11(14-12)9-4-5-16-8(9)2/h4-6,11,14H,12H2,1-3H3. The van der Waals surface area contributed by atoms with Crippen LogP contribution in [0.4, 0.5) is 0 Å². The molecule has 0 radical (unpaired) electrons. The number of aromatic nitrogens is 2. The second-order valence-corrected chi connectivity index (χ2v) is 4.96. The van der Waals surface area contributed by atoms with Crippen LogP contribution in [-0.2, 0) is 7.05 Å². The molecule has 0 spiro atoms. The highest BCUT2D eigenvalue weighted by Gasteiger charge is 2.19. The number of aryl methyl sites for hydroxylation is 2. The van der Waals surface area contributed by atoms with Gasteiger partial charge in [-0.1, -0.05) is 0 Å². The Kier molecular flexibility index (Phi) is 3.09. The molecule has 0 fully saturated rings. The van der Waals surface area contributed by atoms with Crippen LogP contribution >= 0.6 is 11.3 Å². The Hall–Kier alpha value is -1.17. The third-order valence-corrected chi connectivity index (χ3v) is 3.82. The number of hydrogen-bond acceptors (Lipinski definition) is 4. The van der Waals surface area contributed by atoms with Crippen LogP contribution < -0.4 is 11.3 Å². The molecule has 2 aromatic heterocycles. The second-order valence-electron chi connectivity index (χ2n) is 3.84. The summed E-state index contributed by atoms with van der Waals surface area (Å²) in [5.74, 6) is 5.66. The number of hydrazine groups is 1. The third-order valence-electron chi connectivity index (χ3n) is 2.96. The molecule has 5 heteroatoms. The Morgan fingerprint density at radius 2 is 2.19 bits per heavy atom. The van der Waals surface area contributed by atoms with Crippen LogP contribution in [0, 0.1) is 13.8 Å². The molecule has 3 N–H and O–H groups in total. The van der Waals surface area contributed by atoms with E-state index in [0.29, 0.717) is 0 Å². The lowest BCUT2D eigenvalue weighted by atomic mass is 10.0. The molecular weight excluding hydrogens is 220 g/mol. The number of hydrogen-bond donors (Lipinski definition) is 2. The summed E-state index contributed by atoms with van der Waals surface area (Å²) in [5.41, 5.74) is 6.36. The molecule has 86 valence electrons. The van der Waals surface area contributed by atoms with E-state index in [2.05, 4.69) is 28.9 Å². The SMILES string of the molecule is Cc1sccc1C(NN)c1cnn(C)c1C. The number of nitrogens with two attached hydrogens (primary N) is 1. The summed E-state index contributed by atoms with van der Waals surface area (Å²) in [7, 11) is 1.94. The van der Waals surface area contributed by atoms with Crippen molar-refractivity contribution in [3.8, 4) is 0 Å². The Balaban J connectivity index is 2.45. The topological polar surface area (TPSA) is 55.9 Å². The average Bonchev–Trinajstić information content (AvgIpc) is 2.81. The molecule has 2 aromatic rings. The van der Waals surface area contributed by atoms with Crippen LogP contribution in [0.5, 0.6) is 0 Å². The molecule has 0 amide bonds. The van der Waals surface area contributed by atoms with Gasteiger partial charge in [0, 0.05) is 23.2 Å². The minimum atomic E-state index is 0.0277. The van der Waals surface area contributed by atoms with Gasteiger partial charge in [-0.2, -0.15) is 5.10 Å². The lowest BCUT2D eigenvalue weighted by Crippen LogP contribution is -2.29. The summed E-state index contributed by atoms with van der Waals surface area (Å²) in [5, 5.41) is 6.33. The van der Waals surface area contributed by atoms with E-state index in [4.69, 9.17) is 5.84 Å². The first-order valence-electron chi connectivity index (χ1n) is 5.13. The number of nitrogens with one attached hydrogen (secondary N) is 1. The molecule has 0 bridgehead atoms. The predicted molar refractivity (Wildman–Crippen MR) is 66.2 cm³/mol. The first kappa shape index (κ1) is 11.3. The molecule has 16 heavy (non-hydrogen) atoms. The van der Waals surface area contributed by atoms with Crippen molar-refractivity contribution >= 4 is 11.3 Å². The molecule has 0 aliphatic carbocycles. The smallest absolute Gasteiger partial charge is 0.0754 e. The molecule has 4 nitrogen and oxygen atoms in total. The summed E-state index contributed by atoms with van der Waals surface area (Å²) in [6, 6.07) is 2.14. The van der Waals surface area contributed by atoms with Crippen molar-refractivity contribution < 1.29 is 0 Å². The second kappa shape index (κ2) is 4.37. The molecule has 2 heterocycles. The monoisotopic (exact) mass is 236 g/mol. The Morgan fingerprint density at radius 3 is 2.62 bits per heavy atom. The lowest BCUT2D eigenvalue weighted by molar-refractivity contribution is 0.629. The molecule has 0 aromatic carbocycles. The van der Waals surface area contributed by atoms with Gasteiger partial charge in [0.25, 0.3) is 0 Å². The van der Waals surface area contributed by atoms with E-state index in [1.165, 1.54) is 10.4 Å². The van der Waals surface area contributed by atoms with Gasteiger partial charge < -0.3 is 0 Å². The van der Waals surface area contributed by atoms with E-state index < -0.39 is 0 Å². The van der Waals surface area contributed by atoms with Crippen LogP contribution in [-0.4, -0.2) is 9.78 Å². The van der Waals surface area contributed by atoms with Crippen molar-refractivity contribution in [3.05, 3.63) is 39.3 Å². The highest BCUT2D eigenvalue weighted by atomic mass is 32.1. The number of thiophene rings is 1. The Morgan fingerprint density at radius 1 is 1.44 bits per heavy atom. The van der Waals surface area contributed by atoms with E-state index in [9.17, 15) is 0 Å². The van der Waals surface area contributed by atoms with Gasteiger partial charge in [0.2, 0.25) is 0 Å².